The van der Waals surface area contributed by atoms with Crippen molar-refractivity contribution >= 4 is 28.5 Å². The maximum absolute atomic E-state index is 15.2. The Hall–Kier alpha value is -5.02. The molecular weight excluding hydrogens is 668 g/mol. The van der Waals surface area contributed by atoms with E-state index >= 15 is 4.39 Å². The van der Waals surface area contributed by atoms with Crippen LogP contribution in [0.1, 0.15) is 46.1 Å². The molecule has 0 fully saturated rings. The maximum Gasteiger partial charge on any atom is 0.417 e. The van der Waals surface area contributed by atoms with Gasteiger partial charge in [-0.15, -0.1) is 0 Å². The second kappa shape index (κ2) is 13.8. The number of halogens is 8. The number of methoxy groups -OCH3 is 1. The number of pyridine rings is 2. The molecule has 2 heterocycles. The van der Waals surface area contributed by atoms with Crippen molar-refractivity contribution in [2.24, 2.45) is 7.05 Å². The number of hydrogen-bond acceptors (Lipinski definition) is 6. The van der Waals surface area contributed by atoms with E-state index in [0.29, 0.717) is 6.07 Å². The molecule has 8 nitrogen and oxygen atoms in total. The number of esters is 1. The Balaban J connectivity index is 1.76. The summed E-state index contributed by atoms with van der Waals surface area (Å²) in [4.78, 5) is 43.2. The molecule has 2 aromatic carbocycles. The minimum absolute atomic E-state index is 0.0294. The second-order valence-corrected chi connectivity index (χ2v) is 11.3. The molecule has 0 unspecified atom stereocenters. The topological polar surface area (TPSA) is 102 Å². The molecule has 0 aliphatic heterocycles. The van der Waals surface area contributed by atoms with Gasteiger partial charge in [0.25, 0.3) is 11.5 Å². The fraction of sp³-hybridized carbons (Fsp3) is 0.333. The first-order valence-corrected chi connectivity index (χ1v) is 14.7. The molecule has 16 heteroatoms. The highest BCUT2D eigenvalue weighted by Gasteiger charge is 2.39. The predicted octanol–water partition coefficient (Wildman–Crippen LogP) is 6.78. The van der Waals surface area contributed by atoms with Crippen molar-refractivity contribution in [3.63, 3.8) is 0 Å². The SMILES string of the molecule is CC[C@@H](Nc1cc(C)c(C(=O)N[C@@H](Cc2ccc(-c3c(C(F)(F)F)cc(C)n(C)c3=O)c3ncc(F)cc23)C(=O)OC)c(F)c1)C(F)(F)F. The van der Waals surface area contributed by atoms with Gasteiger partial charge in [-0.25, -0.2) is 13.6 Å². The first-order valence-electron chi connectivity index (χ1n) is 14.7. The van der Waals surface area contributed by atoms with Crippen LogP contribution in [-0.2, 0) is 29.2 Å². The number of rotatable bonds is 9. The number of hydrogen-bond donors (Lipinski definition) is 2. The van der Waals surface area contributed by atoms with Crippen LogP contribution in [0.25, 0.3) is 22.0 Å². The van der Waals surface area contributed by atoms with Gasteiger partial charge in [0, 0.05) is 35.8 Å². The lowest BCUT2D eigenvalue weighted by Crippen LogP contribution is -2.43. The molecule has 0 radical (unpaired) electrons. The minimum Gasteiger partial charge on any atom is -0.467 e. The molecule has 2 N–H and O–H groups in total. The summed E-state index contributed by atoms with van der Waals surface area (Å²) < 4.78 is 118. The van der Waals surface area contributed by atoms with Crippen LogP contribution in [0.15, 0.2) is 47.4 Å². The molecule has 0 bridgehead atoms. The largest absolute Gasteiger partial charge is 0.467 e. The fourth-order valence-electron chi connectivity index (χ4n) is 5.45. The number of amides is 1. The van der Waals surface area contributed by atoms with Crippen LogP contribution in [0.3, 0.4) is 0 Å². The van der Waals surface area contributed by atoms with E-state index in [1.807, 2.05) is 0 Å². The smallest absolute Gasteiger partial charge is 0.417 e. The zero-order valence-corrected chi connectivity index (χ0v) is 26.7. The van der Waals surface area contributed by atoms with Crippen LogP contribution in [0, 0.1) is 25.5 Å². The minimum atomic E-state index is -4.95. The Morgan fingerprint density at radius 3 is 2.27 bits per heavy atom. The zero-order chi connectivity index (χ0) is 36.6. The van der Waals surface area contributed by atoms with Gasteiger partial charge in [0.15, 0.2) is 0 Å². The van der Waals surface area contributed by atoms with Gasteiger partial charge in [-0.2, -0.15) is 26.3 Å². The molecule has 2 atom stereocenters. The lowest BCUT2D eigenvalue weighted by atomic mass is 9.93. The first kappa shape index (κ1) is 36.8. The highest BCUT2D eigenvalue weighted by molar-refractivity contribution is 5.99. The third-order valence-corrected chi connectivity index (χ3v) is 8.03. The summed E-state index contributed by atoms with van der Waals surface area (Å²) >= 11 is 0. The monoisotopic (exact) mass is 698 g/mol. The van der Waals surface area contributed by atoms with Crippen LogP contribution in [0.2, 0.25) is 0 Å². The van der Waals surface area contributed by atoms with E-state index < -0.39 is 76.6 Å². The lowest BCUT2D eigenvalue weighted by Gasteiger charge is -2.22. The van der Waals surface area contributed by atoms with Crippen molar-refractivity contribution in [2.45, 2.75) is 58.0 Å². The maximum atomic E-state index is 15.2. The number of carbonyl (C=O) groups excluding carboxylic acids is 2. The summed E-state index contributed by atoms with van der Waals surface area (Å²) in [6, 6.07) is 2.40. The number of alkyl halides is 6. The van der Waals surface area contributed by atoms with Crippen molar-refractivity contribution in [1.29, 1.82) is 0 Å². The number of nitrogens with one attached hydrogen (secondary N) is 2. The Morgan fingerprint density at radius 1 is 1.02 bits per heavy atom. The van der Waals surface area contributed by atoms with E-state index in [9.17, 15) is 45.1 Å². The standard InChI is InChI=1S/C33H30F8N4O4/c1-6-25(33(39,40)41)43-19-9-15(2)26(23(35)13-19)29(46)44-24(31(48)49-5)11-17-7-8-20(28-21(17)12-18(34)14-42-28)27-22(32(36,37)38)10-16(3)45(4)30(27)47/h7-10,12-14,24-25,43H,6,11H2,1-5H3,(H,44,46)/t24-,25+/m0/s1. The average Bonchev–Trinajstić information content (AvgIpc) is 3.00. The van der Waals surface area contributed by atoms with Crippen molar-refractivity contribution in [1.82, 2.24) is 14.9 Å². The zero-order valence-electron chi connectivity index (χ0n) is 26.7. The second-order valence-electron chi connectivity index (χ2n) is 11.3. The molecule has 0 saturated heterocycles. The van der Waals surface area contributed by atoms with E-state index in [2.05, 4.69) is 15.6 Å². The molecule has 0 saturated carbocycles. The van der Waals surface area contributed by atoms with Gasteiger partial charge in [-0.1, -0.05) is 19.1 Å². The number of benzene rings is 2. The van der Waals surface area contributed by atoms with Gasteiger partial charge in [-0.05, 0) is 55.7 Å². The Morgan fingerprint density at radius 2 is 1.69 bits per heavy atom. The molecule has 0 aliphatic rings. The summed E-state index contributed by atoms with van der Waals surface area (Å²) in [6.45, 7) is 3.88. The summed E-state index contributed by atoms with van der Waals surface area (Å²) in [6.07, 6.45) is -9.64. The van der Waals surface area contributed by atoms with Gasteiger partial charge in [-0.3, -0.25) is 14.6 Å². The fourth-order valence-corrected chi connectivity index (χ4v) is 5.45. The third-order valence-electron chi connectivity index (χ3n) is 8.03. The number of ether oxygens (including phenoxy) is 1. The number of aryl methyl sites for hydroxylation is 2. The van der Waals surface area contributed by atoms with Gasteiger partial charge < -0.3 is 19.9 Å². The van der Waals surface area contributed by atoms with Crippen molar-refractivity contribution in [3.05, 3.63) is 92.5 Å². The van der Waals surface area contributed by atoms with Crippen molar-refractivity contribution in [3.8, 4) is 11.1 Å². The van der Waals surface area contributed by atoms with Crippen LogP contribution >= 0.6 is 0 Å². The highest BCUT2D eigenvalue weighted by Crippen LogP contribution is 2.39. The van der Waals surface area contributed by atoms with E-state index in [1.54, 1.807) is 0 Å². The predicted molar refractivity (Wildman–Crippen MR) is 164 cm³/mol. The van der Waals surface area contributed by atoms with Gasteiger partial charge in [0.2, 0.25) is 0 Å². The first-order chi connectivity index (χ1) is 22.8. The average molecular weight is 699 g/mol. The number of carbonyl (C=O) groups is 2. The van der Waals surface area contributed by atoms with Crippen LogP contribution in [0.5, 0.6) is 0 Å². The van der Waals surface area contributed by atoms with Gasteiger partial charge in [0.1, 0.15) is 23.7 Å². The number of aromatic nitrogens is 2. The molecule has 2 aromatic heterocycles. The summed E-state index contributed by atoms with van der Waals surface area (Å²) in [5, 5.41) is 4.41. The number of fused-ring (bicyclic) bond motifs is 1. The Labute approximate surface area is 274 Å². The highest BCUT2D eigenvalue weighted by atomic mass is 19.4. The van der Waals surface area contributed by atoms with E-state index in [4.69, 9.17) is 4.74 Å². The summed E-state index contributed by atoms with van der Waals surface area (Å²) in [7, 11) is 2.28. The van der Waals surface area contributed by atoms with Gasteiger partial charge >= 0.3 is 18.3 Å². The molecule has 1 amide bonds. The van der Waals surface area contributed by atoms with Crippen LogP contribution < -0.4 is 16.2 Å². The van der Waals surface area contributed by atoms with E-state index in [-0.39, 0.29) is 45.4 Å². The van der Waals surface area contributed by atoms with E-state index in [0.717, 1.165) is 42.1 Å². The van der Waals surface area contributed by atoms with Gasteiger partial charge in [0.05, 0.1) is 35.5 Å². The summed E-state index contributed by atoms with van der Waals surface area (Å²) in [5.74, 6) is -4.27. The lowest BCUT2D eigenvalue weighted by molar-refractivity contribution is -0.143. The van der Waals surface area contributed by atoms with Crippen LogP contribution in [-0.4, -0.2) is 46.8 Å². The molecule has 262 valence electrons. The quantitative estimate of drug-likeness (QED) is 0.148. The van der Waals surface area contributed by atoms with Crippen LogP contribution in [0.4, 0.5) is 40.8 Å². The Bertz CT molecular complexity index is 1970. The normalized spacial score (nSPS) is 13.2. The van der Waals surface area contributed by atoms with E-state index in [1.165, 1.54) is 33.9 Å². The molecule has 0 spiro atoms. The third kappa shape index (κ3) is 7.67. The molecule has 4 aromatic rings. The molecular formula is C33H30F8N4O4. The number of anilines is 1. The molecule has 0 aliphatic carbocycles. The summed E-state index contributed by atoms with van der Waals surface area (Å²) in [5.41, 5.74) is -4.22. The molecule has 4 rings (SSSR count). The van der Waals surface area contributed by atoms with Crippen molar-refractivity contribution < 1.29 is 49.4 Å². The number of nitrogens with zero attached hydrogens (tertiary/aromatic N) is 2. The Kier molecular flexibility index (Phi) is 10.4. The van der Waals surface area contributed by atoms with Crippen molar-refractivity contribution in [2.75, 3.05) is 12.4 Å². The molecule has 49 heavy (non-hydrogen) atoms.